The van der Waals surface area contributed by atoms with Crippen LogP contribution in [0.3, 0.4) is 0 Å². The molecule has 1 heterocycles. The first kappa shape index (κ1) is 10.7. The molecule has 1 aromatic carbocycles. The van der Waals surface area contributed by atoms with Crippen molar-refractivity contribution in [3.05, 3.63) is 52.4 Å². The largest absolute Gasteiger partial charge is 0.295 e. The molecule has 0 saturated heterocycles. The molecular weight excluding hydrogens is 200 g/mol. The highest BCUT2D eigenvalue weighted by atomic mass is 16.1. The Morgan fingerprint density at radius 2 is 1.94 bits per heavy atom. The number of rotatable bonds is 3. The van der Waals surface area contributed by atoms with Gasteiger partial charge in [-0.1, -0.05) is 32.0 Å². The minimum atomic E-state index is 0.00171. The van der Waals surface area contributed by atoms with Crippen molar-refractivity contribution in [2.24, 2.45) is 5.92 Å². The summed E-state index contributed by atoms with van der Waals surface area (Å²) in [6.45, 7) is 4.27. The molecule has 0 spiro atoms. The molecule has 0 fully saturated rings. The first-order valence-electron chi connectivity index (χ1n) is 5.53. The molecule has 3 heteroatoms. The summed E-state index contributed by atoms with van der Waals surface area (Å²) in [5.41, 5.74) is 1.87. The van der Waals surface area contributed by atoms with Gasteiger partial charge in [0.05, 0.1) is 5.69 Å². The van der Waals surface area contributed by atoms with Gasteiger partial charge in [-0.3, -0.25) is 9.89 Å². The number of aromatic amines is 1. The van der Waals surface area contributed by atoms with Crippen molar-refractivity contribution in [1.82, 2.24) is 9.78 Å². The first-order valence-corrected chi connectivity index (χ1v) is 5.53. The molecule has 1 N–H and O–H groups in total. The monoisotopic (exact) mass is 216 g/mol. The topological polar surface area (TPSA) is 37.8 Å². The summed E-state index contributed by atoms with van der Waals surface area (Å²) in [6, 6.07) is 11.3. The second-order valence-electron chi connectivity index (χ2n) is 4.39. The van der Waals surface area contributed by atoms with Gasteiger partial charge in [0, 0.05) is 11.8 Å². The fraction of sp³-hybridized carbons (Fsp3) is 0.308. The highest BCUT2D eigenvalue weighted by Gasteiger charge is 2.05. The first-order chi connectivity index (χ1) is 7.66. The second kappa shape index (κ2) is 4.39. The number of nitrogens with one attached hydrogen (secondary N) is 1. The van der Waals surface area contributed by atoms with Crippen LogP contribution in [0.2, 0.25) is 0 Å². The predicted octanol–water partition coefficient (Wildman–Crippen LogP) is 2.36. The van der Waals surface area contributed by atoms with Crippen molar-refractivity contribution in [3.8, 4) is 5.69 Å². The van der Waals surface area contributed by atoms with Gasteiger partial charge >= 0.3 is 0 Å². The Hall–Kier alpha value is -1.77. The lowest BCUT2D eigenvalue weighted by Crippen LogP contribution is -2.13. The van der Waals surface area contributed by atoms with E-state index in [2.05, 4.69) is 18.9 Å². The average Bonchev–Trinajstić information content (AvgIpc) is 2.60. The summed E-state index contributed by atoms with van der Waals surface area (Å²) in [4.78, 5) is 11.8. The lowest BCUT2D eigenvalue weighted by Gasteiger charge is -2.03. The van der Waals surface area contributed by atoms with Gasteiger partial charge in [0.1, 0.15) is 0 Å². The van der Waals surface area contributed by atoms with E-state index in [0.717, 1.165) is 17.8 Å². The molecule has 2 rings (SSSR count). The van der Waals surface area contributed by atoms with Crippen LogP contribution >= 0.6 is 0 Å². The van der Waals surface area contributed by atoms with Crippen molar-refractivity contribution in [1.29, 1.82) is 0 Å². The van der Waals surface area contributed by atoms with Crippen LogP contribution in [0.25, 0.3) is 5.69 Å². The highest BCUT2D eigenvalue weighted by Crippen LogP contribution is 2.06. The van der Waals surface area contributed by atoms with Gasteiger partial charge in [-0.15, -0.1) is 0 Å². The molecule has 84 valence electrons. The van der Waals surface area contributed by atoms with Crippen LogP contribution < -0.4 is 5.56 Å². The molecule has 0 atom stereocenters. The van der Waals surface area contributed by atoms with E-state index in [-0.39, 0.29) is 5.56 Å². The van der Waals surface area contributed by atoms with Crippen molar-refractivity contribution in [2.75, 3.05) is 0 Å². The van der Waals surface area contributed by atoms with Gasteiger partial charge in [0.25, 0.3) is 5.56 Å². The molecule has 0 aliphatic carbocycles. The number of hydrogen-bond donors (Lipinski definition) is 1. The maximum absolute atomic E-state index is 11.8. The lowest BCUT2D eigenvalue weighted by molar-refractivity contribution is 0.628. The van der Waals surface area contributed by atoms with Crippen LogP contribution in [0.4, 0.5) is 0 Å². The van der Waals surface area contributed by atoms with Crippen LogP contribution in [-0.2, 0) is 6.42 Å². The van der Waals surface area contributed by atoms with Crippen LogP contribution in [0.15, 0.2) is 41.2 Å². The Kier molecular flexibility index (Phi) is 2.95. The van der Waals surface area contributed by atoms with E-state index in [1.165, 1.54) is 0 Å². The molecule has 0 aliphatic heterocycles. The zero-order chi connectivity index (χ0) is 11.5. The summed E-state index contributed by atoms with van der Waals surface area (Å²) < 4.78 is 1.58. The summed E-state index contributed by atoms with van der Waals surface area (Å²) in [7, 11) is 0. The Bertz CT molecular complexity index is 508. The zero-order valence-electron chi connectivity index (χ0n) is 9.60. The van der Waals surface area contributed by atoms with Gasteiger partial charge in [-0.25, -0.2) is 4.68 Å². The van der Waals surface area contributed by atoms with E-state index in [4.69, 9.17) is 0 Å². The van der Waals surface area contributed by atoms with E-state index < -0.39 is 0 Å². The predicted molar refractivity (Wildman–Crippen MR) is 64.9 cm³/mol. The Balaban J connectivity index is 2.36. The van der Waals surface area contributed by atoms with Gasteiger partial charge < -0.3 is 0 Å². The van der Waals surface area contributed by atoms with Crippen LogP contribution in [0.5, 0.6) is 0 Å². The van der Waals surface area contributed by atoms with Crippen molar-refractivity contribution in [3.63, 3.8) is 0 Å². The molecule has 3 nitrogen and oxygen atoms in total. The summed E-state index contributed by atoms with van der Waals surface area (Å²) in [6.07, 6.45) is 0.898. The van der Waals surface area contributed by atoms with Crippen LogP contribution in [-0.4, -0.2) is 9.78 Å². The summed E-state index contributed by atoms with van der Waals surface area (Å²) in [5, 5.41) is 3.13. The fourth-order valence-electron chi connectivity index (χ4n) is 1.76. The van der Waals surface area contributed by atoms with E-state index in [1.807, 2.05) is 30.3 Å². The number of hydrogen-bond acceptors (Lipinski definition) is 1. The molecule has 1 aromatic heterocycles. The molecule has 0 saturated carbocycles. The van der Waals surface area contributed by atoms with Crippen LogP contribution in [0, 0.1) is 5.92 Å². The number of nitrogens with zero attached hydrogens (tertiary/aromatic N) is 1. The van der Waals surface area contributed by atoms with E-state index in [0.29, 0.717) is 5.92 Å². The minimum Gasteiger partial charge on any atom is -0.295 e. The van der Waals surface area contributed by atoms with E-state index in [9.17, 15) is 4.79 Å². The minimum absolute atomic E-state index is 0.00171. The number of benzene rings is 1. The smallest absolute Gasteiger partial charge is 0.271 e. The standard InChI is InChI=1S/C13H16N2O/c1-10(2)8-11-9-13(16)15(14-11)12-6-4-3-5-7-12/h3-7,9-10,14H,8H2,1-2H3. The Morgan fingerprint density at radius 3 is 2.56 bits per heavy atom. The Labute approximate surface area is 94.7 Å². The molecule has 2 aromatic rings. The van der Waals surface area contributed by atoms with Crippen molar-refractivity contribution >= 4 is 0 Å². The van der Waals surface area contributed by atoms with Gasteiger partial charge in [0.2, 0.25) is 0 Å². The Morgan fingerprint density at radius 1 is 1.25 bits per heavy atom. The number of para-hydroxylation sites is 1. The maximum atomic E-state index is 11.8. The SMILES string of the molecule is CC(C)Cc1cc(=O)n(-c2ccccc2)[nH]1. The third-order valence-electron chi connectivity index (χ3n) is 2.42. The van der Waals surface area contributed by atoms with Crippen LogP contribution in [0.1, 0.15) is 19.5 Å². The third-order valence-corrected chi connectivity index (χ3v) is 2.42. The normalized spacial score (nSPS) is 10.9. The summed E-state index contributed by atoms with van der Waals surface area (Å²) in [5.74, 6) is 0.544. The maximum Gasteiger partial charge on any atom is 0.271 e. The number of H-pyrrole nitrogens is 1. The van der Waals surface area contributed by atoms with Gasteiger partial charge in [0.15, 0.2) is 0 Å². The highest BCUT2D eigenvalue weighted by molar-refractivity contribution is 5.30. The fourth-order valence-corrected chi connectivity index (χ4v) is 1.76. The number of aromatic nitrogens is 2. The van der Waals surface area contributed by atoms with E-state index in [1.54, 1.807) is 10.7 Å². The molecule has 0 radical (unpaired) electrons. The molecule has 0 aliphatic rings. The third kappa shape index (κ3) is 2.24. The van der Waals surface area contributed by atoms with Crippen molar-refractivity contribution < 1.29 is 0 Å². The quantitative estimate of drug-likeness (QED) is 0.840. The molecule has 0 bridgehead atoms. The molecular formula is C13H16N2O. The van der Waals surface area contributed by atoms with E-state index >= 15 is 0 Å². The lowest BCUT2D eigenvalue weighted by atomic mass is 10.1. The van der Waals surface area contributed by atoms with Gasteiger partial charge in [-0.2, -0.15) is 0 Å². The molecule has 0 amide bonds. The average molecular weight is 216 g/mol. The second-order valence-corrected chi connectivity index (χ2v) is 4.39. The zero-order valence-corrected chi connectivity index (χ0v) is 9.60. The van der Waals surface area contributed by atoms with Crippen molar-refractivity contribution in [2.45, 2.75) is 20.3 Å². The van der Waals surface area contributed by atoms with Gasteiger partial charge in [-0.05, 0) is 24.5 Å². The molecule has 16 heavy (non-hydrogen) atoms. The summed E-state index contributed by atoms with van der Waals surface area (Å²) >= 11 is 0. The molecule has 0 unspecified atom stereocenters.